The van der Waals surface area contributed by atoms with E-state index in [0.717, 1.165) is 19.4 Å². The van der Waals surface area contributed by atoms with Crippen LogP contribution >= 0.6 is 0 Å². The van der Waals surface area contributed by atoms with Crippen LogP contribution in [0.5, 0.6) is 0 Å². The van der Waals surface area contributed by atoms with Crippen molar-refractivity contribution in [3.8, 4) is 0 Å². The SMILES string of the molecule is Cc1cc(CN(C)C)n2ccnc(CCc3ccccc3)c12. The van der Waals surface area contributed by atoms with Crippen LogP contribution in [-0.2, 0) is 19.4 Å². The van der Waals surface area contributed by atoms with Gasteiger partial charge in [-0.25, -0.2) is 0 Å². The van der Waals surface area contributed by atoms with E-state index in [1.165, 1.54) is 28.0 Å². The van der Waals surface area contributed by atoms with E-state index >= 15 is 0 Å². The van der Waals surface area contributed by atoms with E-state index < -0.39 is 0 Å². The summed E-state index contributed by atoms with van der Waals surface area (Å²) in [5.41, 5.74) is 6.46. The first-order valence-electron chi connectivity index (χ1n) is 7.78. The van der Waals surface area contributed by atoms with Crippen LogP contribution in [0.4, 0.5) is 0 Å². The molecule has 3 rings (SSSR count). The standard InChI is InChI=1S/C19H23N3/c1-15-13-17(14-21(2)3)22-12-11-20-18(19(15)22)10-9-16-7-5-4-6-8-16/h4-8,11-13H,9-10,14H2,1-3H3. The highest BCUT2D eigenvalue weighted by Crippen LogP contribution is 2.21. The van der Waals surface area contributed by atoms with Crippen LogP contribution in [0.1, 0.15) is 22.5 Å². The Bertz CT molecular complexity index is 757. The lowest BCUT2D eigenvalue weighted by Crippen LogP contribution is -2.12. The van der Waals surface area contributed by atoms with E-state index in [0.29, 0.717) is 0 Å². The minimum Gasteiger partial charge on any atom is -0.316 e. The van der Waals surface area contributed by atoms with E-state index in [4.69, 9.17) is 0 Å². The molecular weight excluding hydrogens is 270 g/mol. The summed E-state index contributed by atoms with van der Waals surface area (Å²) < 4.78 is 2.29. The topological polar surface area (TPSA) is 20.5 Å². The molecular formula is C19H23N3. The normalized spacial score (nSPS) is 11.5. The second-order valence-corrected chi connectivity index (χ2v) is 6.13. The highest BCUT2D eigenvalue weighted by atomic mass is 15.1. The van der Waals surface area contributed by atoms with Gasteiger partial charge in [0.25, 0.3) is 0 Å². The molecule has 0 unspecified atom stereocenters. The van der Waals surface area contributed by atoms with Gasteiger partial charge in [0.15, 0.2) is 0 Å². The van der Waals surface area contributed by atoms with Crippen LogP contribution in [-0.4, -0.2) is 28.4 Å². The molecule has 0 radical (unpaired) electrons. The van der Waals surface area contributed by atoms with Crippen molar-refractivity contribution >= 4 is 5.52 Å². The second-order valence-electron chi connectivity index (χ2n) is 6.13. The van der Waals surface area contributed by atoms with Gasteiger partial charge in [-0.3, -0.25) is 4.98 Å². The molecule has 3 nitrogen and oxygen atoms in total. The van der Waals surface area contributed by atoms with E-state index in [1.807, 2.05) is 6.20 Å². The first-order chi connectivity index (χ1) is 10.6. The van der Waals surface area contributed by atoms with Gasteiger partial charge in [0, 0.05) is 24.6 Å². The molecule has 0 amide bonds. The van der Waals surface area contributed by atoms with Crippen molar-refractivity contribution in [2.45, 2.75) is 26.3 Å². The zero-order chi connectivity index (χ0) is 15.5. The minimum absolute atomic E-state index is 0.942. The molecule has 3 heteroatoms. The van der Waals surface area contributed by atoms with Gasteiger partial charge in [-0.05, 0) is 51.1 Å². The van der Waals surface area contributed by atoms with Gasteiger partial charge in [-0.1, -0.05) is 30.3 Å². The van der Waals surface area contributed by atoms with Crippen LogP contribution in [0.2, 0.25) is 0 Å². The number of hydrogen-bond acceptors (Lipinski definition) is 2. The van der Waals surface area contributed by atoms with Crippen LogP contribution in [0.15, 0.2) is 48.8 Å². The number of benzene rings is 1. The van der Waals surface area contributed by atoms with Crippen molar-refractivity contribution < 1.29 is 0 Å². The number of fused-ring (bicyclic) bond motifs is 1. The lowest BCUT2D eigenvalue weighted by molar-refractivity contribution is 0.395. The van der Waals surface area contributed by atoms with Gasteiger partial charge < -0.3 is 9.30 Å². The highest BCUT2D eigenvalue weighted by molar-refractivity contribution is 5.61. The molecule has 22 heavy (non-hydrogen) atoms. The zero-order valence-corrected chi connectivity index (χ0v) is 13.6. The number of hydrogen-bond donors (Lipinski definition) is 0. The summed E-state index contributed by atoms with van der Waals surface area (Å²) in [6.07, 6.45) is 6.00. The van der Waals surface area contributed by atoms with Crippen molar-refractivity contribution in [3.63, 3.8) is 0 Å². The summed E-state index contributed by atoms with van der Waals surface area (Å²) in [6.45, 7) is 3.12. The van der Waals surface area contributed by atoms with Gasteiger partial charge in [-0.15, -0.1) is 0 Å². The van der Waals surface area contributed by atoms with E-state index in [1.54, 1.807) is 0 Å². The monoisotopic (exact) mass is 293 g/mol. The van der Waals surface area contributed by atoms with Gasteiger partial charge in [0.1, 0.15) is 0 Å². The average Bonchev–Trinajstić information content (AvgIpc) is 2.82. The molecule has 0 fully saturated rings. The Hall–Kier alpha value is -2.13. The maximum atomic E-state index is 4.64. The maximum Gasteiger partial charge on any atom is 0.0699 e. The Labute approximate surface area is 132 Å². The molecule has 2 aromatic heterocycles. The molecule has 0 aliphatic rings. The van der Waals surface area contributed by atoms with E-state index in [-0.39, 0.29) is 0 Å². The lowest BCUT2D eigenvalue weighted by atomic mass is 10.1. The third-order valence-electron chi connectivity index (χ3n) is 4.00. The maximum absolute atomic E-state index is 4.64. The van der Waals surface area contributed by atoms with Crippen LogP contribution in [0, 0.1) is 6.92 Å². The molecule has 0 saturated carbocycles. The average molecular weight is 293 g/mol. The molecule has 114 valence electrons. The Morgan fingerprint density at radius 2 is 1.86 bits per heavy atom. The predicted octanol–water partition coefficient (Wildman–Crippen LogP) is 3.49. The van der Waals surface area contributed by atoms with Crippen LogP contribution < -0.4 is 0 Å². The van der Waals surface area contributed by atoms with Crippen molar-refractivity contribution in [3.05, 3.63) is 71.3 Å². The van der Waals surface area contributed by atoms with Crippen molar-refractivity contribution in [2.75, 3.05) is 14.1 Å². The fourth-order valence-corrected chi connectivity index (χ4v) is 3.05. The number of rotatable bonds is 5. The van der Waals surface area contributed by atoms with E-state index in [2.05, 4.69) is 77.9 Å². The summed E-state index contributed by atoms with van der Waals surface area (Å²) in [5, 5.41) is 0. The number of aryl methyl sites for hydroxylation is 3. The summed E-state index contributed by atoms with van der Waals surface area (Å²) in [7, 11) is 4.21. The summed E-state index contributed by atoms with van der Waals surface area (Å²) in [4.78, 5) is 6.84. The number of nitrogens with zero attached hydrogens (tertiary/aromatic N) is 3. The van der Waals surface area contributed by atoms with Crippen LogP contribution in [0.3, 0.4) is 0 Å². The third-order valence-corrected chi connectivity index (χ3v) is 4.00. The fourth-order valence-electron chi connectivity index (χ4n) is 3.05. The summed E-state index contributed by atoms with van der Waals surface area (Å²) >= 11 is 0. The molecule has 0 N–H and O–H groups in total. The number of aromatic nitrogens is 2. The van der Waals surface area contributed by atoms with E-state index in [9.17, 15) is 0 Å². The molecule has 0 bridgehead atoms. The van der Waals surface area contributed by atoms with Crippen molar-refractivity contribution in [1.82, 2.24) is 14.3 Å². The first kappa shape index (κ1) is 14.8. The van der Waals surface area contributed by atoms with Gasteiger partial charge in [0.2, 0.25) is 0 Å². The molecule has 0 saturated heterocycles. The molecule has 3 aromatic rings. The Morgan fingerprint density at radius 3 is 2.59 bits per heavy atom. The Morgan fingerprint density at radius 1 is 1.09 bits per heavy atom. The largest absolute Gasteiger partial charge is 0.316 e. The predicted molar refractivity (Wildman–Crippen MR) is 91.2 cm³/mol. The van der Waals surface area contributed by atoms with Gasteiger partial charge in [-0.2, -0.15) is 0 Å². The summed E-state index contributed by atoms with van der Waals surface area (Å²) in [6, 6.07) is 12.9. The third kappa shape index (κ3) is 3.04. The van der Waals surface area contributed by atoms with Crippen molar-refractivity contribution in [2.24, 2.45) is 0 Å². The Balaban J connectivity index is 1.91. The summed E-state index contributed by atoms with van der Waals surface area (Å²) in [5.74, 6) is 0. The first-order valence-corrected chi connectivity index (χ1v) is 7.78. The Kier molecular flexibility index (Phi) is 4.25. The highest BCUT2D eigenvalue weighted by Gasteiger charge is 2.11. The zero-order valence-electron chi connectivity index (χ0n) is 13.6. The second kappa shape index (κ2) is 6.32. The van der Waals surface area contributed by atoms with Gasteiger partial charge in [0.05, 0.1) is 11.2 Å². The minimum atomic E-state index is 0.942. The molecule has 0 aliphatic carbocycles. The van der Waals surface area contributed by atoms with Crippen LogP contribution in [0.25, 0.3) is 5.52 Å². The lowest BCUT2D eigenvalue weighted by Gasteiger charge is -2.11. The molecule has 2 heterocycles. The molecule has 0 aliphatic heterocycles. The molecule has 1 aromatic carbocycles. The molecule has 0 spiro atoms. The smallest absolute Gasteiger partial charge is 0.0699 e. The van der Waals surface area contributed by atoms with Crippen molar-refractivity contribution in [1.29, 1.82) is 0 Å². The fraction of sp³-hybridized carbons (Fsp3) is 0.316. The quantitative estimate of drug-likeness (QED) is 0.718. The van der Waals surface area contributed by atoms with Gasteiger partial charge >= 0.3 is 0 Å². The molecule has 0 atom stereocenters.